The van der Waals surface area contributed by atoms with Crippen molar-refractivity contribution in [3.63, 3.8) is 0 Å². The van der Waals surface area contributed by atoms with Crippen molar-refractivity contribution in [3.05, 3.63) is 0 Å². The number of esters is 1. The molecule has 0 spiro atoms. The second-order valence-corrected chi connectivity index (χ2v) is 28.7. The molecule has 528 valence electrons. The van der Waals surface area contributed by atoms with E-state index < -0.39 is 162 Å². The number of carbonyl (C=O) groups excluding carboxylic acids is 11. The molecule has 26 nitrogen and oxygen atoms in total. The first-order valence-corrected chi connectivity index (χ1v) is 33.2. The van der Waals surface area contributed by atoms with Gasteiger partial charge in [0.25, 0.3) is 5.91 Å². The molecule has 0 bridgehead atoms. The maximum atomic E-state index is 15.3. The largest absolute Gasteiger partial charge is 0.450 e. The van der Waals surface area contributed by atoms with Crippen molar-refractivity contribution in [1.82, 2.24) is 55.6 Å². The molecule has 13 atom stereocenters. The third kappa shape index (κ3) is 24.1. The SMILES string of the molecule is CC(C)C[C@@H]1NC(=O)[C@H](CC(C)C)N(C)C(=O)[C@@H](C(C)C)OC(=O)[C@H](C)NC(=O)[C@H](CC(C)C)N(C)C(=O)[C@H](CC(C)C)NC(=O)[C@H](CC(C)C)N(C)C(=O)CN(C)C(=O)[C@H]([C@@H](C)O)NC(=O)[C@H]([C@H](O)[C@H](C)CCN2CCOCC2)N(C)C(=O)[C@H](C(C)C)N(C)C1=O. The Hall–Kier alpha value is -5.99. The number of likely N-dealkylation sites (N-methyl/N-ethyl adjacent to an activating group) is 6. The van der Waals surface area contributed by atoms with E-state index >= 15 is 14.4 Å². The van der Waals surface area contributed by atoms with Crippen LogP contribution < -0.4 is 21.3 Å². The highest BCUT2D eigenvalue weighted by Gasteiger charge is 2.46. The summed E-state index contributed by atoms with van der Waals surface area (Å²) in [6.45, 7) is 31.6. The summed E-state index contributed by atoms with van der Waals surface area (Å²) in [4.78, 5) is 171. The van der Waals surface area contributed by atoms with Crippen molar-refractivity contribution in [2.75, 3.05) is 81.7 Å². The molecule has 92 heavy (non-hydrogen) atoms. The molecule has 0 unspecified atom stereocenters. The molecule has 0 aromatic carbocycles. The van der Waals surface area contributed by atoms with E-state index in [9.17, 15) is 48.6 Å². The number of cyclic esters (lactones) is 1. The third-order valence-corrected chi connectivity index (χ3v) is 17.3. The first-order chi connectivity index (χ1) is 42.6. The van der Waals surface area contributed by atoms with Crippen LogP contribution in [0, 0.1) is 47.3 Å². The van der Waals surface area contributed by atoms with Crippen molar-refractivity contribution in [2.24, 2.45) is 47.3 Å². The number of amides is 10. The van der Waals surface area contributed by atoms with Crippen LogP contribution in [0.3, 0.4) is 0 Å². The molecule has 2 heterocycles. The average Bonchev–Trinajstić information content (AvgIpc) is 0.884. The number of aliphatic hydroxyl groups excluding tert-OH is 2. The minimum absolute atomic E-state index is 0.0786. The van der Waals surface area contributed by atoms with Gasteiger partial charge in [0.1, 0.15) is 54.4 Å². The summed E-state index contributed by atoms with van der Waals surface area (Å²) in [6.07, 6.45) is -3.80. The van der Waals surface area contributed by atoms with Crippen LogP contribution in [0.4, 0.5) is 0 Å². The molecule has 2 saturated heterocycles. The van der Waals surface area contributed by atoms with Crippen LogP contribution in [0.5, 0.6) is 0 Å². The number of nitrogens with one attached hydrogen (secondary N) is 4. The van der Waals surface area contributed by atoms with Crippen LogP contribution in [0.2, 0.25) is 0 Å². The predicted molar refractivity (Wildman–Crippen MR) is 349 cm³/mol. The summed E-state index contributed by atoms with van der Waals surface area (Å²) in [6, 6.07) is -12.3. The summed E-state index contributed by atoms with van der Waals surface area (Å²) in [5.41, 5.74) is 0. The molecule has 6 N–H and O–H groups in total. The normalized spacial score (nSPS) is 27.2. The Morgan fingerprint density at radius 3 is 1.30 bits per heavy atom. The molecule has 2 rings (SSSR count). The molecule has 0 saturated carbocycles. The summed E-state index contributed by atoms with van der Waals surface area (Å²) in [7, 11) is 8.17. The van der Waals surface area contributed by atoms with E-state index in [1.54, 1.807) is 34.6 Å². The lowest BCUT2D eigenvalue weighted by atomic mass is 9.91. The number of aliphatic hydroxyl groups is 2. The number of rotatable bonds is 18. The average molecular weight is 1310 g/mol. The van der Waals surface area contributed by atoms with E-state index in [0.717, 1.165) is 14.7 Å². The van der Waals surface area contributed by atoms with Crippen LogP contribution in [0.15, 0.2) is 0 Å². The highest BCUT2D eigenvalue weighted by Crippen LogP contribution is 2.25. The number of hydrogen-bond acceptors (Lipinski definition) is 16. The zero-order chi connectivity index (χ0) is 70.7. The monoisotopic (exact) mass is 1310 g/mol. The lowest BCUT2D eigenvalue weighted by Gasteiger charge is -2.40. The smallest absolute Gasteiger partial charge is 0.329 e. The number of hydrogen-bond donors (Lipinski definition) is 6. The molecule has 2 aliphatic rings. The Labute approximate surface area is 549 Å². The maximum absolute atomic E-state index is 15.3. The highest BCUT2D eigenvalue weighted by atomic mass is 16.6. The maximum Gasteiger partial charge on any atom is 0.329 e. The van der Waals surface area contributed by atoms with Crippen LogP contribution in [-0.4, -0.2) is 264 Å². The summed E-state index contributed by atoms with van der Waals surface area (Å²) < 4.78 is 11.4. The first-order valence-electron chi connectivity index (χ1n) is 33.2. The van der Waals surface area contributed by atoms with Gasteiger partial charge in [-0.1, -0.05) is 104 Å². The van der Waals surface area contributed by atoms with Crippen LogP contribution in [0.1, 0.15) is 156 Å². The fourth-order valence-electron chi connectivity index (χ4n) is 11.7. The van der Waals surface area contributed by atoms with E-state index in [2.05, 4.69) is 26.2 Å². The zero-order valence-electron chi connectivity index (χ0n) is 59.9. The minimum Gasteiger partial charge on any atom is -0.450 e. The van der Waals surface area contributed by atoms with Gasteiger partial charge in [-0.25, -0.2) is 4.79 Å². The van der Waals surface area contributed by atoms with Gasteiger partial charge >= 0.3 is 5.97 Å². The van der Waals surface area contributed by atoms with Gasteiger partial charge in [0.15, 0.2) is 6.10 Å². The topological polar surface area (TPSA) is 317 Å². The van der Waals surface area contributed by atoms with E-state index in [1.165, 1.54) is 70.8 Å². The minimum atomic E-state index is -1.76. The van der Waals surface area contributed by atoms with Crippen molar-refractivity contribution >= 4 is 65.0 Å². The number of nitrogens with zero attached hydrogens (tertiary/aromatic N) is 7. The lowest BCUT2D eigenvalue weighted by molar-refractivity contribution is -0.166. The summed E-state index contributed by atoms with van der Waals surface area (Å²) >= 11 is 0. The molecular weight excluding hydrogens is 1190 g/mol. The standard InChI is InChI=1S/C66H119N11O15/c1-36(2)30-46-61(85)73(20)49(33-39(7)8)57(81)67-44(16)66(90)92-56(42(13)14)65(89)74(21)50(34-40(9)10)59(83)69-47(31-37(3)4)62(86)75(22)53(41(11)12)64(88)76(23)54(55(80)43(15)24-25-77-26-28-91-29-27-77)60(84)70-52(45(17)78)63(87)71(18)35-51(79)72(19)48(32-38(5)6)58(82)68-46/h36-50,52-56,78,80H,24-35H2,1-23H3,(H,67,81)(H,68,82)(H,69,83)(H,70,84)/t43-,44+,45-,46+,47+,48+,49+,50+,52+,53+,54+,55-,56-/m1/s1. The van der Waals surface area contributed by atoms with Gasteiger partial charge in [-0.05, 0) is 106 Å². The second-order valence-electron chi connectivity index (χ2n) is 28.7. The van der Waals surface area contributed by atoms with Gasteiger partial charge in [0.05, 0.1) is 32.0 Å². The quantitative estimate of drug-likeness (QED) is 0.107. The Morgan fingerprint density at radius 1 is 0.467 bits per heavy atom. The van der Waals surface area contributed by atoms with Crippen molar-refractivity contribution in [1.29, 1.82) is 0 Å². The Balaban J connectivity index is 3.02. The number of ether oxygens (including phenoxy) is 2. The zero-order valence-corrected chi connectivity index (χ0v) is 59.9. The lowest BCUT2D eigenvalue weighted by Crippen LogP contribution is -2.64. The van der Waals surface area contributed by atoms with Crippen molar-refractivity contribution < 1.29 is 72.4 Å². The first kappa shape index (κ1) is 82.1. The van der Waals surface area contributed by atoms with Crippen molar-refractivity contribution in [2.45, 2.75) is 229 Å². The molecule has 26 heteroatoms. The van der Waals surface area contributed by atoms with Crippen LogP contribution >= 0.6 is 0 Å². The van der Waals surface area contributed by atoms with Gasteiger partial charge in [0.2, 0.25) is 53.2 Å². The van der Waals surface area contributed by atoms with Gasteiger partial charge in [-0.15, -0.1) is 0 Å². The molecule has 0 aliphatic carbocycles. The van der Waals surface area contributed by atoms with E-state index in [4.69, 9.17) is 9.47 Å². The third-order valence-electron chi connectivity index (χ3n) is 17.3. The summed E-state index contributed by atoms with van der Waals surface area (Å²) in [5.74, 6) is -11.5. The highest BCUT2D eigenvalue weighted by molar-refractivity contribution is 5.99. The van der Waals surface area contributed by atoms with Gasteiger partial charge < -0.3 is 70.4 Å². The van der Waals surface area contributed by atoms with Gasteiger partial charge in [-0.3, -0.25) is 52.8 Å². The van der Waals surface area contributed by atoms with Crippen LogP contribution in [0.25, 0.3) is 0 Å². The van der Waals surface area contributed by atoms with Gasteiger partial charge in [0, 0.05) is 55.4 Å². The molecule has 2 fully saturated rings. The van der Waals surface area contributed by atoms with E-state index in [1.807, 2.05) is 69.2 Å². The molecule has 0 aromatic rings. The molecule has 2 aliphatic heterocycles. The summed E-state index contributed by atoms with van der Waals surface area (Å²) in [5, 5.41) is 34.7. The fourth-order valence-corrected chi connectivity index (χ4v) is 11.7. The predicted octanol–water partition coefficient (Wildman–Crippen LogP) is 2.11. The Morgan fingerprint density at radius 2 is 0.880 bits per heavy atom. The molecular formula is C66H119N11O15. The fraction of sp³-hybridized carbons (Fsp3) is 0.833. The second kappa shape index (κ2) is 37.8. The van der Waals surface area contributed by atoms with Crippen LogP contribution in [-0.2, 0) is 62.2 Å². The molecule has 10 amide bonds. The Bertz CT molecular complexity index is 2470. The Kier molecular flexibility index (Phi) is 33.7. The molecule has 0 aromatic heterocycles. The number of morpholine rings is 1. The van der Waals surface area contributed by atoms with Crippen molar-refractivity contribution in [3.8, 4) is 0 Å². The number of carbonyl (C=O) groups is 11. The van der Waals surface area contributed by atoms with Gasteiger partial charge in [-0.2, -0.15) is 0 Å². The van der Waals surface area contributed by atoms with E-state index in [0.29, 0.717) is 39.3 Å². The van der Waals surface area contributed by atoms with E-state index in [-0.39, 0.29) is 61.7 Å². The molecule has 0 radical (unpaired) electrons.